The molecule has 0 spiro atoms. The Hall–Kier alpha value is -1.42. The summed E-state index contributed by atoms with van der Waals surface area (Å²) in [5.41, 5.74) is 2.51. The molecule has 2 rings (SSSR count). The van der Waals surface area contributed by atoms with Gasteiger partial charge in [-0.15, -0.1) is 6.58 Å². The van der Waals surface area contributed by atoms with E-state index < -0.39 is 0 Å². The van der Waals surface area contributed by atoms with Crippen LogP contribution in [0.15, 0.2) is 33.9 Å². The van der Waals surface area contributed by atoms with Crippen LogP contribution in [0, 0.1) is 0 Å². The van der Waals surface area contributed by atoms with Gasteiger partial charge in [0.15, 0.2) is 5.75 Å². The van der Waals surface area contributed by atoms with E-state index in [4.69, 9.17) is 13.9 Å². The first-order chi connectivity index (χ1) is 6.35. The molecule has 3 nitrogen and oxygen atoms in total. The Labute approximate surface area is 86.3 Å². The number of hydrogen-bond donors (Lipinski definition) is 0. The molecule has 0 aliphatic rings. The Balaban J connectivity index is 0.000000980. The van der Waals surface area contributed by atoms with Gasteiger partial charge in [0.05, 0.1) is 7.11 Å². The minimum Gasteiger partial charge on any atom is -0.492 e. The second kappa shape index (κ2) is 4.19. The first kappa shape index (κ1) is 10.7. The summed E-state index contributed by atoms with van der Waals surface area (Å²) in [5.74, 6) is 0.709. The third-order valence-electron chi connectivity index (χ3n) is 1.90. The quantitative estimate of drug-likeness (QED) is 0.439. The lowest BCUT2D eigenvalue weighted by molar-refractivity contribution is 0.0564. The largest absolute Gasteiger partial charge is 0.492 e. The van der Waals surface area contributed by atoms with E-state index in [1.165, 1.54) is 0 Å². The van der Waals surface area contributed by atoms with E-state index in [0.29, 0.717) is 11.3 Å². The Morgan fingerprint density at radius 3 is 2.71 bits per heavy atom. The van der Waals surface area contributed by atoms with Crippen molar-refractivity contribution in [2.45, 2.75) is 6.42 Å². The Kier molecular flexibility index (Phi) is 3.19. The molecule has 14 heavy (non-hydrogen) atoms. The summed E-state index contributed by atoms with van der Waals surface area (Å²) >= 11 is 0. The molecule has 2 aromatic rings. The van der Waals surface area contributed by atoms with Crippen LogP contribution >= 0.6 is 0 Å². The van der Waals surface area contributed by atoms with E-state index in [-0.39, 0.29) is 11.0 Å². The summed E-state index contributed by atoms with van der Waals surface area (Å²) in [6, 6.07) is 3.84. The predicted octanol–water partition coefficient (Wildman–Crippen LogP) is 2.38. The lowest BCUT2D eigenvalue weighted by atomic mass is 10.1. The third kappa shape index (κ3) is 1.61. The molecule has 0 amide bonds. The molecule has 0 unspecified atom stereocenters. The van der Waals surface area contributed by atoms with E-state index in [1.807, 2.05) is 18.2 Å². The van der Waals surface area contributed by atoms with Crippen LogP contribution in [0.5, 0.6) is 5.75 Å². The minimum atomic E-state index is 0. The molecule has 0 saturated carbocycles. The zero-order chi connectivity index (χ0) is 9.26. The van der Waals surface area contributed by atoms with Gasteiger partial charge < -0.3 is 4.74 Å². The third-order valence-corrected chi connectivity index (χ3v) is 1.90. The molecule has 4 heteroatoms. The molecule has 0 N–H and O–H groups in total. The van der Waals surface area contributed by atoms with Gasteiger partial charge in [-0.2, -0.15) is 0 Å². The highest BCUT2D eigenvalue weighted by molar-refractivity contribution is 5.78. The van der Waals surface area contributed by atoms with Crippen molar-refractivity contribution >= 4 is 22.1 Å². The van der Waals surface area contributed by atoms with Crippen LogP contribution in [-0.4, -0.2) is 18.1 Å². The summed E-state index contributed by atoms with van der Waals surface area (Å²) in [6.07, 6.45) is 2.63. The van der Waals surface area contributed by atoms with Gasteiger partial charge in [0.25, 0.3) is 5.58 Å². The number of hydrogen-bond acceptors (Lipinski definition) is 3. The van der Waals surface area contributed by atoms with Crippen LogP contribution in [0.1, 0.15) is 5.56 Å². The van der Waals surface area contributed by atoms with Crippen LogP contribution in [0.3, 0.4) is 0 Å². The summed E-state index contributed by atoms with van der Waals surface area (Å²) < 4.78 is 14.7. The van der Waals surface area contributed by atoms with Crippen molar-refractivity contribution in [1.29, 1.82) is 0 Å². The van der Waals surface area contributed by atoms with Crippen LogP contribution in [0.25, 0.3) is 11.2 Å². The zero-order valence-electron chi connectivity index (χ0n) is 7.87. The molecule has 0 saturated heterocycles. The number of allylic oxidation sites excluding steroid dienone is 1. The van der Waals surface area contributed by atoms with Gasteiger partial charge >= 0.3 is 0 Å². The summed E-state index contributed by atoms with van der Waals surface area (Å²) in [7, 11) is 1.61. The maximum Gasteiger partial charge on any atom is 0.267 e. The SMILES string of the molecule is C=CCc1cc(OC)c2ooc2c1.[Si]. The standard InChI is InChI=1S/C10H10O3.Si/c1-3-4-7-5-8(11-2)10-9(6-7)12-13-10;/h3,5-6H,1,4H2,2H3;. The van der Waals surface area contributed by atoms with E-state index in [9.17, 15) is 0 Å². The van der Waals surface area contributed by atoms with Crippen molar-refractivity contribution in [2.24, 2.45) is 0 Å². The number of fused-ring (bicyclic) bond motifs is 1. The number of benzene rings is 1. The van der Waals surface area contributed by atoms with Crippen molar-refractivity contribution in [1.82, 2.24) is 0 Å². The van der Waals surface area contributed by atoms with Gasteiger partial charge in [-0.1, -0.05) is 6.08 Å². The fourth-order valence-electron chi connectivity index (χ4n) is 1.26. The number of rotatable bonds is 3. The molecule has 0 aliphatic carbocycles. The summed E-state index contributed by atoms with van der Waals surface area (Å²) in [4.78, 5) is 0. The summed E-state index contributed by atoms with van der Waals surface area (Å²) in [6.45, 7) is 3.67. The van der Waals surface area contributed by atoms with Crippen LogP contribution in [-0.2, 0) is 6.42 Å². The van der Waals surface area contributed by atoms with Crippen molar-refractivity contribution in [2.75, 3.05) is 7.11 Å². The number of methoxy groups -OCH3 is 1. The van der Waals surface area contributed by atoms with Crippen molar-refractivity contribution in [3.63, 3.8) is 0 Å². The van der Waals surface area contributed by atoms with E-state index in [2.05, 4.69) is 6.58 Å². The maximum absolute atomic E-state index is 5.12. The molecule has 0 aliphatic heterocycles. The normalized spacial score (nSPS) is 9.79. The van der Waals surface area contributed by atoms with Gasteiger partial charge in [0.2, 0.25) is 5.58 Å². The van der Waals surface area contributed by atoms with Gasteiger partial charge in [-0.05, 0) is 24.1 Å². The molecule has 1 aromatic carbocycles. The molecular formula is C10H10O3Si. The fraction of sp³-hybridized carbons (Fsp3) is 0.200. The van der Waals surface area contributed by atoms with Crippen molar-refractivity contribution < 1.29 is 13.9 Å². The molecular weight excluding hydrogens is 196 g/mol. The molecule has 72 valence electrons. The van der Waals surface area contributed by atoms with Gasteiger partial charge in [-0.3, -0.25) is 9.15 Å². The van der Waals surface area contributed by atoms with Crippen molar-refractivity contribution in [3.05, 3.63) is 30.4 Å². The Bertz CT molecular complexity index is 427. The Morgan fingerprint density at radius 1 is 1.43 bits per heavy atom. The van der Waals surface area contributed by atoms with E-state index in [0.717, 1.165) is 17.6 Å². The minimum absolute atomic E-state index is 0. The van der Waals surface area contributed by atoms with E-state index in [1.54, 1.807) is 7.11 Å². The average molecular weight is 206 g/mol. The highest BCUT2D eigenvalue weighted by Crippen LogP contribution is 2.30. The lowest BCUT2D eigenvalue weighted by Gasteiger charge is -2.06. The second-order valence-corrected chi connectivity index (χ2v) is 2.78. The predicted molar refractivity (Wildman–Crippen MR) is 54.7 cm³/mol. The zero-order valence-corrected chi connectivity index (χ0v) is 8.87. The monoisotopic (exact) mass is 206 g/mol. The Morgan fingerprint density at radius 2 is 2.21 bits per heavy atom. The second-order valence-electron chi connectivity index (χ2n) is 2.78. The van der Waals surface area contributed by atoms with Crippen LogP contribution in [0.2, 0.25) is 0 Å². The van der Waals surface area contributed by atoms with Gasteiger partial charge in [0.1, 0.15) is 0 Å². The first-order valence-corrected chi connectivity index (χ1v) is 4.01. The lowest BCUT2D eigenvalue weighted by Crippen LogP contribution is -1.90. The number of ether oxygens (including phenoxy) is 1. The molecule has 0 atom stereocenters. The highest BCUT2D eigenvalue weighted by Gasteiger charge is 2.12. The summed E-state index contributed by atoms with van der Waals surface area (Å²) in [5, 5.41) is 0. The van der Waals surface area contributed by atoms with E-state index >= 15 is 0 Å². The molecule has 0 fully saturated rings. The fourth-order valence-corrected chi connectivity index (χ4v) is 1.26. The smallest absolute Gasteiger partial charge is 0.267 e. The molecule has 1 aromatic heterocycles. The molecule has 4 radical (unpaired) electrons. The first-order valence-electron chi connectivity index (χ1n) is 4.01. The van der Waals surface area contributed by atoms with Gasteiger partial charge in [-0.25, -0.2) is 0 Å². The van der Waals surface area contributed by atoms with Gasteiger partial charge in [0, 0.05) is 11.0 Å². The maximum atomic E-state index is 5.12. The molecule has 0 bridgehead atoms. The van der Waals surface area contributed by atoms with Crippen LogP contribution in [0.4, 0.5) is 0 Å². The van der Waals surface area contributed by atoms with Crippen molar-refractivity contribution in [3.8, 4) is 5.75 Å². The molecule has 1 heterocycles. The topological polar surface area (TPSA) is 35.5 Å². The average Bonchev–Trinajstić information content (AvgIpc) is 2.09. The van der Waals surface area contributed by atoms with Crippen LogP contribution < -0.4 is 4.74 Å². The highest BCUT2D eigenvalue weighted by atomic mass is 28.1.